The highest BCUT2D eigenvalue weighted by Gasteiger charge is 2.29. The molecule has 1 amide bonds. The smallest absolute Gasteiger partial charge is 0.238 e. The molecule has 3 aromatic rings. The highest BCUT2D eigenvalue weighted by atomic mass is 32.2. The summed E-state index contributed by atoms with van der Waals surface area (Å²) in [6.07, 6.45) is 3.77. The minimum Gasteiger partial charge on any atom is -0.467 e. The monoisotopic (exact) mass is 386 g/mol. The third-order valence-electron chi connectivity index (χ3n) is 3.88. The number of benzene rings is 1. The number of anilines is 1. The van der Waals surface area contributed by atoms with Crippen molar-refractivity contribution >= 4 is 34.1 Å². The lowest BCUT2D eigenvalue weighted by Crippen LogP contribution is -2.29. The maximum absolute atomic E-state index is 12.7. The van der Waals surface area contributed by atoms with E-state index < -0.39 is 0 Å². The van der Waals surface area contributed by atoms with E-state index in [1.165, 1.54) is 23.1 Å². The van der Waals surface area contributed by atoms with Gasteiger partial charge in [-0.2, -0.15) is 0 Å². The molecule has 2 aromatic heterocycles. The van der Waals surface area contributed by atoms with E-state index in [1.54, 1.807) is 6.26 Å². The van der Waals surface area contributed by atoms with E-state index in [-0.39, 0.29) is 11.2 Å². The molecule has 0 aliphatic heterocycles. The topological polar surface area (TPSA) is 80.0 Å². The van der Waals surface area contributed by atoms with Crippen LogP contribution in [0.1, 0.15) is 29.4 Å². The molecule has 1 fully saturated rings. The zero-order chi connectivity index (χ0) is 17.8. The van der Waals surface area contributed by atoms with Gasteiger partial charge in [-0.1, -0.05) is 53.4 Å². The highest BCUT2D eigenvalue weighted by Crippen LogP contribution is 2.38. The predicted octanol–water partition coefficient (Wildman–Crippen LogP) is 3.86. The average Bonchev–Trinajstić information content (AvgIpc) is 3.14. The summed E-state index contributed by atoms with van der Waals surface area (Å²) in [5, 5.41) is 15.0. The standard InChI is InChI=1S/C18H18N4O2S2/c23-16(20-13-8-9-13)15(12-5-2-1-3-6-12)25-18-22-21-17(26-18)19-11-14-7-4-10-24-14/h1-7,10,13,15H,8-9,11H2,(H,19,21)(H,20,23). The van der Waals surface area contributed by atoms with Gasteiger partial charge in [0, 0.05) is 6.04 Å². The van der Waals surface area contributed by atoms with Gasteiger partial charge in [-0.25, -0.2) is 0 Å². The van der Waals surface area contributed by atoms with Crippen LogP contribution in [0.25, 0.3) is 0 Å². The maximum atomic E-state index is 12.7. The Morgan fingerprint density at radius 1 is 1.23 bits per heavy atom. The van der Waals surface area contributed by atoms with E-state index in [0.29, 0.717) is 17.7 Å². The van der Waals surface area contributed by atoms with Gasteiger partial charge in [0.2, 0.25) is 11.0 Å². The van der Waals surface area contributed by atoms with E-state index in [2.05, 4.69) is 20.8 Å². The molecule has 1 aliphatic rings. The third-order valence-corrected chi connectivity index (χ3v) is 6.10. The van der Waals surface area contributed by atoms with Gasteiger partial charge >= 0.3 is 0 Å². The van der Waals surface area contributed by atoms with Crippen molar-refractivity contribution in [2.75, 3.05) is 5.32 Å². The molecule has 1 unspecified atom stereocenters. The Hall–Kier alpha value is -2.32. The molecule has 26 heavy (non-hydrogen) atoms. The molecule has 4 rings (SSSR count). The molecule has 0 saturated heterocycles. The molecule has 0 spiro atoms. The number of nitrogens with zero attached hydrogens (tertiary/aromatic N) is 2. The first-order chi connectivity index (χ1) is 12.8. The van der Waals surface area contributed by atoms with E-state index in [1.807, 2.05) is 42.5 Å². The molecule has 8 heteroatoms. The minimum atomic E-state index is -0.331. The Kier molecular flexibility index (Phi) is 5.21. The lowest BCUT2D eigenvalue weighted by atomic mass is 10.1. The van der Waals surface area contributed by atoms with Crippen molar-refractivity contribution in [1.82, 2.24) is 15.5 Å². The first kappa shape index (κ1) is 17.1. The lowest BCUT2D eigenvalue weighted by molar-refractivity contribution is -0.120. The molecule has 2 N–H and O–H groups in total. The average molecular weight is 387 g/mol. The van der Waals surface area contributed by atoms with Gasteiger partial charge in [-0.15, -0.1) is 10.2 Å². The van der Waals surface area contributed by atoms with Crippen LogP contribution >= 0.6 is 23.1 Å². The van der Waals surface area contributed by atoms with Crippen molar-refractivity contribution in [3.63, 3.8) is 0 Å². The van der Waals surface area contributed by atoms with Crippen LogP contribution in [0.15, 0.2) is 57.5 Å². The number of amides is 1. The largest absolute Gasteiger partial charge is 0.467 e. The molecular weight excluding hydrogens is 368 g/mol. The fourth-order valence-corrected chi connectivity index (χ4v) is 4.36. The minimum absolute atomic E-state index is 0.0315. The number of aromatic nitrogens is 2. The zero-order valence-electron chi connectivity index (χ0n) is 13.9. The van der Waals surface area contributed by atoms with Crippen LogP contribution in [0.2, 0.25) is 0 Å². The third kappa shape index (κ3) is 4.44. The van der Waals surface area contributed by atoms with E-state index >= 15 is 0 Å². The second-order valence-corrected chi connectivity index (χ2v) is 8.33. The van der Waals surface area contributed by atoms with Crippen molar-refractivity contribution in [3.8, 4) is 0 Å². The Morgan fingerprint density at radius 3 is 2.81 bits per heavy atom. The molecule has 2 heterocycles. The van der Waals surface area contributed by atoms with Gasteiger partial charge in [0.15, 0.2) is 4.34 Å². The van der Waals surface area contributed by atoms with E-state index in [9.17, 15) is 4.79 Å². The summed E-state index contributed by atoms with van der Waals surface area (Å²) in [5.74, 6) is 0.865. The van der Waals surface area contributed by atoms with Gasteiger partial charge in [-0.05, 0) is 30.5 Å². The van der Waals surface area contributed by atoms with Gasteiger partial charge in [-0.3, -0.25) is 4.79 Å². The van der Waals surface area contributed by atoms with Gasteiger partial charge in [0.25, 0.3) is 0 Å². The summed E-state index contributed by atoms with van der Waals surface area (Å²) >= 11 is 2.87. The molecule has 6 nitrogen and oxygen atoms in total. The van der Waals surface area contributed by atoms with Crippen LogP contribution in [-0.4, -0.2) is 22.1 Å². The van der Waals surface area contributed by atoms with Crippen molar-refractivity contribution in [1.29, 1.82) is 0 Å². The van der Waals surface area contributed by atoms with E-state index in [0.717, 1.165) is 28.5 Å². The predicted molar refractivity (Wildman–Crippen MR) is 102 cm³/mol. The molecule has 1 saturated carbocycles. The number of carbonyl (C=O) groups is 1. The normalized spacial score (nSPS) is 14.8. The maximum Gasteiger partial charge on any atom is 0.238 e. The molecule has 0 radical (unpaired) electrons. The van der Waals surface area contributed by atoms with Crippen molar-refractivity contribution in [2.24, 2.45) is 0 Å². The molecule has 1 aromatic carbocycles. The second-order valence-electron chi connectivity index (χ2n) is 6.00. The Balaban J connectivity index is 1.44. The molecular formula is C18H18N4O2S2. The lowest BCUT2D eigenvalue weighted by Gasteiger charge is -2.15. The van der Waals surface area contributed by atoms with Gasteiger partial charge in [0.05, 0.1) is 12.8 Å². The Bertz CT molecular complexity index is 847. The van der Waals surface area contributed by atoms with Crippen LogP contribution in [0, 0.1) is 0 Å². The Morgan fingerprint density at radius 2 is 2.08 bits per heavy atom. The van der Waals surface area contributed by atoms with Crippen LogP contribution in [0.3, 0.4) is 0 Å². The summed E-state index contributed by atoms with van der Waals surface area (Å²) < 4.78 is 6.05. The summed E-state index contributed by atoms with van der Waals surface area (Å²) in [6.45, 7) is 0.552. The summed E-state index contributed by atoms with van der Waals surface area (Å²) in [6, 6.07) is 13.9. The van der Waals surface area contributed by atoms with Crippen molar-refractivity contribution in [2.45, 2.75) is 35.0 Å². The highest BCUT2D eigenvalue weighted by molar-refractivity contribution is 8.01. The first-order valence-corrected chi connectivity index (χ1v) is 10.1. The molecule has 1 atom stereocenters. The summed E-state index contributed by atoms with van der Waals surface area (Å²) in [4.78, 5) is 12.7. The number of nitrogens with one attached hydrogen (secondary N) is 2. The van der Waals surface area contributed by atoms with Crippen LogP contribution in [0.5, 0.6) is 0 Å². The molecule has 0 bridgehead atoms. The number of furan rings is 1. The summed E-state index contributed by atoms with van der Waals surface area (Å²) in [7, 11) is 0. The first-order valence-electron chi connectivity index (χ1n) is 8.39. The molecule has 1 aliphatic carbocycles. The van der Waals surface area contributed by atoms with Crippen LogP contribution in [0.4, 0.5) is 5.13 Å². The SMILES string of the molecule is O=C(NC1CC1)C(Sc1nnc(NCc2ccco2)s1)c1ccccc1. The number of hydrogen-bond donors (Lipinski definition) is 2. The second kappa shape index (κ2) is 7.92. The molecule has 134 valence electrons. The quantitative estimate of drug-likeness (QED) is 0.572. The van der Waals surface area contributed by atoms with Crippen molar-refractivity contribution < 1.29 is 9.21 Å². The number of thioether (sulfide) groups is 1. The van der Waals surface area contributed by atoms with E-state index in [4.69, 9.17) is 4.42 Å². The van der Waals surface area contributed by atoms with Crippen LogP contribution in [-0.2, 0) is 11.3 Å². The fraction of sp³-hybridized carbons (Fsp3) is 0.278. The van der Waals surface area contributed by atoms with Crippen LogP contribution < -0.4 is 10.6 Å². The zero-order valence-corrected chi connectivity index (χ0v) is 15.6. The van der Waals surface area contributed by atoms with Gasteiger partial charge in [0.1, 0.15) is 11.0 Å². The fourth-order valence-electron chi connectivity index (χ4n) is 2.41. The summed E-state index contributed by atoms with van der Waals surface area (Å²) in [5.41, 5.74) is 0.968. The van der Waals surface area contributed by atoms with Gasteiger partial charge < -0.3 is 15.1 Å². The Labute approximate surface area is 159 Å². The number of hydrogen-bond acceptors (Lipinski definition) is 7. The van der Waals surface area contributed by atoms with Crippen molar-refractivity contribution in [3.05, 3.63) is 60.1 Å². The number of rotatable bonds is 8. The number of carbonyl (C=O) groups excluding carboxylic acids is 1.